The summed E-state index contributed by atoms with van der Waals surface area (Å²) in [5.41, 5.74) is 2.84. The zero-order chi connectivity index (χ0) is 17.4. The van der Waals surface area contributed by atoms with Crippen molar-refractivity contribution in [3.05, 3.63) is 58.6 Å². The second-order valence-electron chi connectivity index (χ2n) is 5.62. The molecule has 2 N–H and O–H groups in total. The Morgan fingerprint density at radius 2 is 1.96 bits per heavy atom. The minimum Gasteiger partial charge on any atom is -0.495 e. The number of halogens is 1. The van der Waals surface area contributed by atoms with E-state index in [1.165, 1.54) is 5.56 Å². The first-order chi connectivity index (χ1) is 11.6. The van der Waals surface area contributed by atoms with Gasteiger partial charge < -0.3 is 15.4 Å². The van der Waals surface area contributed by atoms with Gasteiger partial charge in [-0.1, -0.05) is 41.9 Å². The molecule has 0 spiro atoms. The zero-order valence-corrected chi connectivity index (χ0v) is 14.8. The van der Waals surface area contributed by atoms with Crippen molar-refractivity contribution in [2.75, 3.05) is 25.5 Å². The zero-order valence-electron chi connectivity index (χ0n) is 14.1. The van der Waals surface area contributed by atoms with Crippen molar-refractivity contribution in [1.29, 1.82) is 0 Å². The number of methoxy groups -OCH3 is 1. The van der Waals surface area contributed by atoms with E-state index in [1.54, 1.807) is 13.2 Å². The van der Waals surface area contributed by atoms with Gasteiger partial charge in [0.25, 0.3) is 0 Å². The van der Waals surface area contributed by atoms with E-state index in [9.17, 15) is 4.79 Å². The van der Waals surface area contributed by atoms with Gasteiger partial charge in [-0.3, -0.25) is 4.79 Å². The van der Waals surface area contributed by atoms with E-state index in [0.717, 1.165) is 24.9 Å². The van der Waals surface area contributed by atoms with E-state index in [0.29, 0.717) is 16.5 Å². The number of amides is 1. The SMILES string of the molecule is COc1cc(Cl)c(C)cc1NC(=O)CNCCCc1ccccc1. The second-order valence-corrected chi connectivity index (χ2v) is 6.02. The Balaban J connectivity index is 1.74. The van der Waals surface area contributed by atoms with Crippen molar-refractivity contribution < 1.29 is 9.53 Å². The van der Waals surface area contributed by atoms with Gasteiger partial charge in [0.2, 0.25) is 5.91 Å². The van der Waals surface area contributed by atoms with Crippen molar-refractivity contribution in [3.63, 3.8) is 0 Å². The molecule has 2 aromatic rings. The van der Waals surface area contributed by atoms with Crippen molar-refractivity contribution in [2.24, 2.45) is 0 Å². The van der Waals surface area contributed by atoms with Crippen molar-refractivity contribution in [2.45, 2.75) is 19.8 Å². The van der Waals surface area contributed by atoms with E-state index in [4.69, 9.17) is 16.3 Å². The maximum absolute atomic E-state index is 12.0. The molecule has 0 radical (unpaired) electrons. The van der Waals surface area contributed by atoms with Gasteiger partial charge in [0.1, 0.15) is 5.75 Å². The number of nitrogens with one attached hydrogen (secondary N) is 2. The van der Waals surface area contributed by atoms with Crippen LogP contribution in [-0.4, -0.2) is 26.1 Å². The van der Waals surface area contributed by atoms with Crippen LogP contribution in [0.2, 0.25) is 5.02 Å². The molecule has 0 fully saturated rings. The summed E-state index contributed by atoms with van der Waals surface area (Å²) in [6.45, 7) is 2.94. The molecule has 0 aliphatic rings. The highest BCUT2D eigenvalue weighted by atomic mass is 35.5. The molecule has 0 unspecified atom stereocenters. The predicted molar refractivity (Wildman–Crippen MR) is 99.0 cm³/mol. The highest BCUT2D eigenvalue weighted by molar-refractivity contribution is 6.31. The van der Waals surface area contributed by atoms with Crippen LogP contribution in [0, 0.1) is 6.92 Å². The molecule has 4 nitrogen and oxygen atoms in total. The fourth-order valence-electron chi connectivity index (χ4n) is 2.39. The first-order valence-corrected chi connectivity index (χ1v) is 8.36. The standard InChI is InChI=1S/C19H23ClN2O2/c1-14-11-17(18(24-2)12-16(14)20)22-19(23)13-21-10-6-9-15-7-4-3-5-8-15/h3-5,7-8,11-12,21H,6,9-10,13H2,1-2H3,(H,22,23). The maximum atomic E-state index is 12.0. The molecule has 0 saturated carbocycles. The van der Waals surface area contributed by atoms with Crippen LogP contribution in [0.25, 0.3) is 0 Å². The topological polar surface area (TPSA) is 50.4 Å². The van der Waals surface area contributed by atoms with Crippen LogP contribution in [-0.2, 0) is 11.2 Å². The third kappa shape index (κ3) is 5.55. The third-order valence-corrected chi connectivity index (χ3v) is 4.11. The maximum Gasteiger partial charge on any atom is 0.238 e. The van der Waals surface area contributed by atoms with Gasteiger partial charge in [-0.25, -0.2) is 0 Å². The van der Waals surface area contributed by atoms with Crippen molar-refractivity contribution in [3.8, 4) is 5.75 Å². The van der Waals surface area contributed by atoms with Gasteiger partial charge in [0.05, 0.1) is 19.3 Å². The quantitative estimate of drug-likeness (QED) is 0.714. The van der Waals surface area contributed by atoms with E-state index < -0.39 is 0 Å². The minimum atomic E-state index is -0.102. The molecule has 5 heteroatoms. The first-order valence-electron chi connectivity index (χ1n) is 7.99. The van der Waals surface area contributed by atoms with Gasteiger partial charge in [-0.05, 0) is 43.5 Å². The summed E-state index contributed by atoms with van der Waals surface area (Å²) in [6.07, 6.45) is 1.99. The number of carbonyl (C=O) groups is 1. The lowest BCUT2D eigenvalue weighted by Gasteiger charge is -2.12. The Labute approximate surface area is 148 Å². The van der Waals surface area contributed by atoms with Crippen LogP contribution >= 0.6 is 11.6 Å². The average molecular weight is 347 g/mol. The highest BCUT2D eigenvalue weighted by Crippen LogP contribution is 2.30. The fraction of sp³-hybridized carbons (Fsp3) is 0.316. The molecule has 0 atom stereocenters. The Morgan fingerprint density at radius 1 is 1.21 bits per heavy atom. The largest absolute Gasteiger partial charge is 0.495 e. The Kier molecular flexibility index (Phi) is 7.09. The van der Waals surface area contributed by atoms with E-state index in [-0.39, 0.29) is 12.5 Å². The molecule has 0 aliphatic heterocycles. The molecule has 0 aliphatic carbocycles. The second kappa shape index (κ2) is 9.30. The lowest BCUT2D eigenvalue weighted by atomic mass is 10.1. The van der Waals surface area contributed by atoms with Gasteiger partial charge >= 0.3 is 0 Å². The number of ether oxygens (including phenoxy) is 1. The van der Waals surface area contributed by atoms with E-state index >= 15 is 0 Å². The molecule has 0 bridgehead atoms. The van der Waals surface area contributed by atoms with Crippen LogP contribution in [0.5, 0.6) is 5.75 Å². The average Bonchev–Trinajstić information content (AvgIpc) is 2.58. The molecule has 24 heavy (non-hydrogen) atoms. The van der Waals surface area contributed by atoms with E-state index in [1.807, 2.05) is 31.2 Å². The van der Waals surface area contributed by atoms with Crippen LogP contribution < -0.4 is 15.4 Å². The number of hydrogen-bond acceptors (Lipinski definition) is 3. The fourth-order valence-corrected chi connectivity index (χ4v) is 2.54. The predicted octanol–water partition coefficient (Wildman–Crippen LogP) is 3.82. The summed E-state index contributed by atoms with van der Waals surface area (Å²) < 4.78 is 5.25. The van der Waals surface area contributed by atoms with Crippen molar-refractivity contribution >= 4 is 23.2 Å². The minimum absolute atomic E-state index is 0.102. The Bertz CT molecular complexity index is 675. The van der Waals surface area contributed by atoms with Gasteiger partial charge in [-0.15, -0.1) is 0 Å². The molecule has 128 valence electrons. The molecule has 1 amide bonds. The summed E-state index contributed by atoms with van der Waals surface area (Å²) in [5, 5.41) is 6.63. The molecule has 0 aromatic heterocycles. The number of benzene rings is 2. The molecule has 0 saturated heterocycles. The van der Waals surface area contributed by atoms with Crippen LogP contribution in [0.3, 0.4) is 0 Å². The number of carbonyl (C=O) groups excluding carboxylic acids is 1. The number of anilines is 1. The molecular weight excluding hydrogens is 324 g/mol. The lowest BCUT2D eigenvalue weighted by molar-refractivity contribution is -0.115. The lowest BCUT2D eigenvalue weighted by Crippen LogP contribution is -2.29. The van der Waals surface area contributed by atoms with Crippen LogP contribution in [0.4, 0.5) is 5.69 Å². The highest BCUT2D eigenvalue weighted by Gasteiger charge is 2.10. The number of rotatable bonds is 8. The molecule has 2 aromatic carbocycles. The Hall–Kier alpha value is -2.04. The number of aryl methyl sites for hydroxylation is 2. The molecule has 0 heterocycles. The Morgan fingerprint density at radius 3 is 2.67 bits per heavy atom. The van der Waals surface area contributed by atoms with Gasteiger partial charge in [0.15, 0.2) is 0 Å². The van der Waals surface area contributed by atoms with E-state index in [2.05, 4.69) is 22.8 Å². The summed E-state index contributed by atoms with van der Waals surface area (Å²) in [4.78, 5) is 12.0. The van der Waals surface area contributed by atoms with Gasteiger partial charge in [0, 0.05) is 11.1 Å². The molecular formula is C19H23ClN2O2. The summed E-state index contributed by atoms with van der Waals surface area (Å²) in [7, 11) is 1.55. The smallest absolute Gasteiger partial charge is 0.238 e. The molecule has 2 rings (SSSR count). The summed E-state index contributed by atoms with van der Waals surface area (Å²) >= 11 is 6.06. The third-order valence-electron chi connectivity index (χ3n) is 3.70. The normalized spacial score (nSPS) is 10.5. The first kappa shape index (κ1) is 18.3. The monoisotopic (exact) mass is 346 g/mol. The van der Waals surface area contributed by atoms with Crippen LogP contribution in [0.15, 0.2) is 42.5 Å². The van der Waals surface area contributed by atoms with Crippen molar-refractivity contribution in [1.82, 2.24) is 5.32 Å². The number of hydrogen-bond donors (Lipinski definition) is 2. The summed E-state index contributed by atoms with van der Waals surface area (Å²) in [6, 6.07) is 13.8. The summed E-state index contributed by atoms with van der Waals surface area (Å²) in [5.74, 6) is 0.456. The van der Waals surface area contributed by atoms with Gasteiger partial charge in [-0.2, -0.15) is 0 Å². The van der Waals surface area contributed by atoms with Crippen LogP contribution in [0.1, 0.15) is 17.5 Å².